The first-order valence-electron chi connectivity index (χ1n) is 8.72. The number of fused-ring (bicyclic) bond motifs is 1. The van der Waals surface area contributed by atoms with Crippen LogP contribution in [-0.4, -0.2) is 24.4 Å². The minimum absolute atomic E-state index is 0.104. The Kier molecular flexibility index (Phi) is 4.28. The highest BCUT2D eigenvalue weighted by atomic mass is 32.2. The summed E-state index contributed by atoms with van der Waals surface area (Å²) in [4.78, 5) is 9.17. The van der Waals surface area contributed by atoms with Gasteiger partial charge in [0.25, 0.3) is 0 Å². The molecule has 1 aliphatic rings. The quantitative estimate of drug-likeness (QED) is 0.729. The Morgan fingerprint density at radius 2 is 1.70 bits per heavy atom. The van der Waals surface area contributed by atoms with Gasteiger partial charge in [0, 0.05) is 6.04 Å². The summed E-state index contributed by atoms with van der Waals surface area (Å²) < 4.78 is 26.3. The summed E-state index contributed by atoms with van der Waals surface area (Å²) in [7, 11) is -3.93. The molecule has 0 spiro atoms. The van der Waals surface area contributed by atoms with Gasteiger partial charge in [-0.3, -0.25) is 0 Å². The Hall–Kier alpha value is -2.98. The topological polar surface area (TPSA) is 95.7 Å². The summed E-state index contributed by atoms with van der Waals surface area (Å²) in [5.74, 6) is 0.374. The second-order valence-electron chi connectivity index (χ2n) is 6.73. The zero-order valence-corrected chi connectivity index (χ0v) is 15.6. The van der Waals surface area contributed by atoms with Gasteiger partial charge in [-0.05, 0) is 44.0 Å². The Morgan fingerprint density at radius 3 is 2.30 bits per heavy atom. The molecule has 6 nitrogen and oxygen atoms in total. The van der Waals surface area contributed by atoms with E-state index in [1.165, 1.54) is 12.1 Å². The molecule has 3 aromatic rings. The predicted molar refractivity (Wildman–Crippen MR) is 103 cm³/mol. The number of hydrogen-bond donors (Lipinski definition) is 1. The van der Waals surface area contributed by atoms with Crippen molar-refractivity contribution in [1.29, 1.82) is 5.26 Å². The van der Waals surface area contributed by atoms with E-state index >= 15 is 0 Å². The van der Waals surface area contributed by atoms with Gasteiger partial charge in [-0.2, -0.15) is 5.26 Å². The van der Waals surface area contributed by atoms with Gasteiger partial charge < -0.3 is 5.32 Å². The number of nitriles is 1. The Bertz CT molecular complexity index is 1150. The van der Waals surface area contributed by atoms with Gasteiger partial charge in [0.1, 0.15) is 5.69 Å². The third kappa shape index (κ3) is 3.36. The molecule has 27 heavy (non-hydrogen) atoms. The molecule has 0 radical (unpaired) electrons. The summed E-state index contributed by atoms with van der Waals surface area (Å²) in [5, 5.41) is 11.6. The van der Waals surface area contributed by atoms with Crippen LogP contribution < -0.4 is 5.32 Å². The van der Waals surface area contributed by atoms with Gasteiger partial charge in [0.15, 0.2) is 11.1 Å². The van der Waals surface area contributed by atoms with Gasteiger partial charge in [-0.25, -0.2) is 18.4 Å². The maximum atomic E-state index is 13.1. The zero-order valence-electron chi connectivity index (χ0n) is 14.8. The number of sulfone groups is 1. The number of rotatable bonds is 5. The Morgan fingerprint density at radius 1 is 1.07 bits per heavy atom. The lowest BCUT2D eigenvalue weighted by molar-refractivity contribution is 0.590. The molecular formula is C20H18N4O2S. The first-order valence-corrected chi connectivity index (χ1v) is 10.3. The van der Waals surface area contributed by atoms with Crippen molar-refractivity contribution in [2.24, 2.45) is 0 Å². The molecule has 136 valence electrons. The van der Waals surface area contributed by atoms with E-state index in [1.54, 1.807) is 18.2 Å². The lowest BCUT2D eigenvalue weighted by Gasteiger charge is -2.16. The van der Waals surface area contributed by atoms with Crippen molar-refractivity contribution in [2.45, 2.75) is 36.0 Å². The predicted octanol–water partition coefficient (Wildman–Crippen LogP) is 3.55. The molecule has 1 fully saturated rings. The number of aromatic nitrogens is 2. The molecule has 4 rings (SSSR count). The molecule has 1 aliphatic carbocycles. The fourth-order valence-electron chi connectivity index (χ4n) is 2.87. The average molecular weight is 378 g/mol. The average Bonchev–Trinajstić information content (AvgIpc) is 3.47. The molecular weight excluding hydrogens is 360 g/mol. The molecule has 0 aliphatic heterocycles. The van der Waals surface area contributed by atoms with Crippen molar-refractivity contribution in [3.05, 3.63) is 59.8 Å². The lowest BCUT2D eigenvalue weighted by atomic mass is 10.2. The monoisotopic (exact) mass is 378 g/mol. The largest absolute Gasteiger partial charge is 0.366 e. The lowest BCUT2D eigenvalue weighted by Crippen LogP contribution is -2.18. The third-order valence-corrected chi connectivity index (χ3v) is 6.42. The van der Waals surface area contributed by atoms with Crippen LogP contribution in [0.5, 0.6) is 0 Å². The van der Waals surface area contributed by atoms with Crippen LogP contribution in [0, 0.1) is 18.3 Å². The van der Waals surface area contributed by atoms with Crippen molar-refractivity contribution in [3.8, 4) is 6.07 Å². The van der Waals surface area contributed by atoms with Crippen molar-refractivity contribution in [3.63, 3.8) is 0 Å². The summed E-state index contributed by atoms with van der Waals surface area (Å²) in [5.41, 5.74) is 2.33. The van der Waals surface area contributed by atoms with E-state index in [0.717, 1.165) is 18.4 Å². The van der Waals surface area contributed by atoms with E-state index in [0.29, 0.717) is 16.9 Å². The number of hydrogen-bond acceptors (Lipinski definition) is 6. The number of nitrogens with one attached hydrogen (secondary N) is 1. The van der Waals surface area contributed by atoms with Gasteiger partial charge in [0.2, 0.25) is 9.84 Å². The fourth-order valence-corrected chi connectivity index (χ4v) is 4.25. The molecule has 1 atom stereocenters. The van der Waals surface area contributed by atoms with Crippen LogP contribution >= 0.6 is 0 Å². The van der Waals surface area contributed by atoms with Crippen LogP contribution in [0.15, 0.2) is 53.4 Å². The minimum Gasteiger partial charge on any atom is -0.366 e. The molecule has 0 unspecified atom stereocenters. The molecule has 0 bridgehead atoms. The van der Waals surface area contributed by atoms with Gasteiger partial charge in [0.05, 0.1) is 22.0 Å². The smallest absolute Gasteiger partial charge is 0.200 e. The Labute approximate surface area is 157 Å². The summed E-state index contributed by atoms with van der Waals surface area (Å²) in [6.45, 7) is 1.88. The normalized spacial score (nSPS) is 15.3. The van der Waals surface area contributed by atoms with Crippen LogP contribution in [0.1, 0.15) is 29.3 Å². The molecule has 0 saturated heterocycles. The molecule has 1 N–H and O–H groups in total. The Balaban J connectivity index is 1.87. The highest BCUT2D eigenvalue weighted by molar-refractivity contribution is 7.92. The maximum absolute atomic E-state index is 13.1. The zero-order chi connectivity index (χ0) is 19.0. The van der Waals surface area contributed by atoms with E-state index in [-0.39, 0.29) is 16.6 Å². The number of benzene rings is 2. The van der Waals surface area contributed by atoms with Crippen LogP contribution in [0.3, 0.4) is 0 Å². The summed E-state index contributed by atoms with van der Waals surface area (Å²) in [6, 6.07) is 15.9. The van der Waals surface area contributed by atoms with Crippen LogP contribution in [0.4, 0.5) is 5.82 Å². The van der Waals surface area contributed by atoms with Crippen molar-refractivity contribution < 1.29 is 8.42 Å². The SMILES string of the molecule is Cc1ccc(S(=O)(=O)[C@H](C#N)c2nc3ccccc3nc2NC2CC2)cc1. The van der Waals surface area contributed by atoms with E-state index < -0.39 is 15.1 Å². The first kappa shape index (κ1) is 17.4. The van der Waals surface area contributed by atoms with Crippen LogP contribution in [0.25, 0.3) is 11.0 Å². The van der Waals surface area contributed by atoms with Gasteiger partial charge >= 0.3 is 0 Å². The standard InChI is InChI=1S/C20H18N4O2S/c1-13-6-10-15(11-7-13)27(25,26)18(12-21)19-20(22-14-8-9-14)24-17-5-3-2-4-16(17)23-19/h2-7,10-11,14,18H,8-9H2,1H3,(H,22,24)/t18-/m1/s1. The number of nitrogens with zero attached hydrogens (tertiary/aromatic N) is 3. The molecule has 0 amide bonds. The molecule has 1 aromatic heterocycles. The van der Waals surface area contributed by atoms with Gasteiger partial charge in [-0.1, -0.05) is 29.8 Å². The summed E-state index contributed by atoms with van der Waals surface area (Å²) >= 11 is 0. The fraction of sp³-hybridized carbons (Fsp3) is 0.250. The van der Waals surface area contributed by atoms with Crippen molar-refractivity contribution in [2.75, 3.05) is 5.32 Å². The van der Waals surface area contributed by atoms with Crippen LogP contribution in [0.2, 0.25) is 0 Å². The second kappa shape index (κ2) is 6.63. The van der Waals surface area contributed by atoms with Crippen molar-refractivity contribution in [1.82, 2.24) is 9.97 Å². The molecule has 2 aromatic carbocycles. The third-order valence-electron chi connectivity index (χ3n) is 4.54. The minimum atomic E-state index is -3.93. The van der Waals surface area contributed by atoms with E-state index in [2.05, 4.69) is 15.3 Å². The van der Waals surface area contributed by atoms with Crippen LogP contribution in [-0.2, 0) is 9.84 Å². The number of para-hydroxylation sites is 2. The van der Waals surface area contributed by atoms with E-state index in [1.807, 2.05) is 31.2 Å². The number of aryl methyl sites for hydroxylation is 1. The highest BCUT2D eigenvalue weighted by Crippen LogP contribution is 2.34. The maximum Gasteiger partial charge on any atom is 0.200 e. The molecule has 1 heterocycles. The van der Waals surface area contributed by atoms with E-state index in [9.17, 15) is 13.7 Å². The second-order valence-corrected chi connectivity index (χ2v) is 8.76. The van der Waals surface area contributed by atoms with Gasteiger partial charge in [-0.15, -0.1) is 0 Å². The van der Waals surface area contributed by atoms with E-state index in [4.69, 9.17) is 0 Å². The highest BCUT2D eigenvalue weighted by Gasteiger charge is 2.35. The summed E-state index contributed by atoms with van der Waals surface area (Å²) in [6.07, 6.45) is 1.99. The first-order chi connectivity index (χ1) is 13.0. The molecule has 7 heteroatoms. The molecule has 1 saturated carbocycles. The number of anilines is 1. The van der Waals surface area contributed by atoms with Crippen molar-refractivity contribution >= 4 is 26.7 Å².